The van der Waals surface area contributed by atoms with Gasteiger partial charge in [-0.05, 0) is 63.9 Å². The van der Waals surface area contributed by atoms with Gasteiger partial charge in [0.25, 0.3) is 0 Å². The third-order valence-electron chi connectivity index (χ3n) is 7.18. The number of nitrogens with zero attached hydrogens (tertiary/aromatic N) is 2. The second-order valence-electron chi connectivity index (χ2n) is 9.35. The van der Waals surface area contributed by atoms with Crippen molar-refractivity contribution in [2.24, 2.45) is 16.8 Å². The van der Waals surface area contributed by atoms with E-state index in [0.29, 0.717) is 12.5 Å². The quantitative estimate of drug-likeness (QED) is 0.310. The van der Waals surface area contributed by atoms with Crippen LogP contribution in [0.15, 0.2) is 64.7 Å². The van der Waals surface area contributed by atoms with Crippen molar-refractivity contribution in [1.29, 1.82) is 0 Å². The first-order valence-corrected chi connectivity index (χ1v) is 13.9. The summed E-state index contributed by atoms with van der Waals surface area (Å²) >= 11 is 0. The van der Waals surface area contributed by atoms with E-state index in [9.17, 15) is 5.11 Å². The number of hydrogen-bond acceptors (Lipinski definition) is 5. The van der Waals surface area contributed by atoms with Crippen LogP contribution in [-0.2, 0) is 4.74 Å². The zero-order valence-corrected chi connectivity index (χ0v) is 23.2. The molecular formula is C30H49N3O2. The second kappa shape index (κ2) is 14.4. The molecule has 5 heteroatoms. The smallest absolute Gasteiger partial charge is 0.165 e. The van der Waals surface area contributed by atoms with E-state index in [0.717, 1.165) is 50.7 Å². The molecule has 196 valence electrons. The van der Waals surface area contributed by atoms with Crippen molar-refractivity contribution in [3.63, 3.8) is 0 Å². The molecule has 5 nitrogen and oxygen atoms in total. The van der Waals surface area contributed by atoms with Crippen LogP contribution in [0.2, 0.25) is 0 Å². The summed E-state index contributed by atoms with van der Waals surface area (Å²) in [5.41, 5.74) is 4.85. The van der Waals surface area contributed by atoms with Crippen molar-refractivity contribution in [3.05, 3.63) is 59.7 Å². The maximum absolute atomic E-state index is 11.2. The third kappa shape index (κ3) is 7.44. The zero-order valence-electron chi connectivity index (χ0n) is 23.2. The van der Waals surface area contributed by atoms with Crippen molar-refractivity contribution in [1.82, 2.24) is 10.2 Å². The number of allylic oxidation sites excluding steroid dienone is 7. The van der Waals surface area contributed by atoms with Crippen LogP contribution in [0.4, 0.5) is 0 Å². The summed E-state index contributed by atoms with van der Waals surface area (Å²) in [5, 5.41) is 14.9. The maximum atomic E-state index is 11.2. The van der Waals surface area contributed by atoms with Crippen LogP contribution < -0.4 is 5.32 Å². The number of ether oxygens (including phenoxy) is 1. The molecule has 2 N–H and O–H groups in total. The summed E-state index contributed by atoms with van der Waals surface area (Å²) in [4.78, 5) is 6.97. The highest BCUT2D eigenvalue weighted by atomic mass is 16.6. The van der Waals surface area contributed by atoms with Crippen LogP contribution >= 0.6 is 0 Å². The Hall–Kier alpha value is -2.11. The standard InChI is InChI=1S/C26H37N3O2.2C2H6/c1-4-23-24-19(2)28-25(29(24)17-16-27-23)21-12-9-13-22(15-14-21)26(3,30)31-18-20-10-7-5-6-8-11-20;2*1-2/h5-8,10,16-17,21-22,25,28,30H,4,9,11-15,18H2,1-3H3;2*1-2H3. The fourth-order valence-electron chi connectivity index (χ4n) is 5.35. The average Bonchev–Trinajstić information content (AvgIpc) is 3.12. The van der Waals surface area contributed by atoms with E-state index in [1.165, 1.54) is 17.0 Å². The van der Waals surface area contributed by atoms with Gasteiger partial charge in [0.2, 0.25) is 0 Å². The van der Waals surface area contributed by atoms with E-state index < -0.39 is 5.79 Å². The van der Waals surface area contributed by atoms with Crippen LogP contribution in [0, 0.1) is 11.8 Å². The molecule has 0 aromatic heterocycles. The number of hydrogen-bond donors (Lipinski definition) is 2. The van der Waals surface area contributed by atoms with Gasteiger partial charge in [-0.15, -0.1) is 0 Å². The molecule has 1 fully saturated rings. The van der Waals surface area contributed by atoms with Crippen molar-refractivity contribution in [3.8, 4) is 0 Å². The first-order chi connectivity index (χ1) is 17.0. The summed E-state index contributed by atoms with van der Waals surface area (Å²) in [6.07, 6.45) is 21.8. The summed E-state index contributed by atoms with van der Waals surface area (Å²) in [5.74, 6) is -0.395. The molecule has 4 aliphatic rings. The van der Waals surface area contributed by atoms with Gasteiger partial charge in [-0.1, -0.05) is 71.4 Å². The van der Waals surface area contributed by atoms with Gasteiger partial charge < -0.3 is 20.1 Å². The molecule has 4 rings (SSSR count). The molecule has 4 unspecified atom stereocenters. The minimum Gasteiger partial charge on any atom is -0.367 e. The van der Waals surface area contributed by atoms with Crippen molar-refractivity contribution in [2.75, 3.05) is 6.61 Å². The van der Waals surface area contributed by atoms with Crippen molar-refractivity contribution < 1.29 is 9.84 Å². The van der Waals surface area contributed by atoms with Gasteiger partial charge in [-0.3, -0.25) is 4.99 Å². The van der Waals surface area contributed by atoms with E-state index in [1.807, 2.05) is 53.0 Å². The van der Waals surface area contributed by atoms with Gasteiger partial charge in [0.1, 0.15) is 6.17 Å². The minimum absolute atomic E-state index is 0.162. The summed E-state index contributed by atoms with van der Waals surface area (Å²) in [7, 11) is 0. The molecule has 0 saturated heterocycles. The van der Waals surface area contributed by atoms with Gasteiger partial charge in [-0.25, -0.2) is 0 Å². The van der Waals surface area contributed by atoms with E-state index in [2.05, 4.69) is 53.5 Å². The molecule has 2 aliphatic carbocycles. The molecule has 1 saturated carbocycles. The fourth-order valence-corrected chi connectivity index (χ4v) is 5.35. The van der Waals surface area contributed by atoms with E-state index in [-0.39, 0.29) is 12.1 Å². The SMILES string of the molecule is CC.CC.CCC1=NC=CN2C1=C(C)NC2C1CCCC(C(C)(O)OCC2=CC=CC=CC2)CC1. The Balaban J connectivity index is 0.00000103. The Morgan fingerprint density at radius 3 is 2.63 bits per heavy atom. The summed E-state index contributed by atoms with van der Waals surface area (Å²) in [6, 6.07) is 0. The van der Waals surface area contributed by atoms with Gasteiger partial charge in [0, 0.05) is 24.0 Å². The number of aliphatic hydroxyl groups is 1. The van der Waals surface area contributed by atoms with E-state index in [1.54, 1.807) is 0 Å². The maximum Gasteiger partial charge on any atom is 0.165 e. The molecule has 35 heavy (non-hydrogen) atoms. The third-order valence-corrected chi connectivity index (χ3v) is 7.18. The van der Waals surface area contributed by atoms with Crippen LogP contribution in [0.25, 0.3) is 0 Å². The van der Waals surface area contributed by atoms with Crippen LogP contribution in [0.3, 0.4) is 0 Å². The highest BCUT2D eigenvalue weighted by Gasteiger charge is 2.40. The lowest BCUT2D eigenvalue weighted by Gasteiger charge is -2.34. The number of rotatable bonds is 6. The lowest BCUT2D eigenvalue weighted by molar-refractivity contribution is -0.221. The Bertz CT molecular complexity index is 848. The monoisotopic (exact) mass is 483 g/mol. The molecule has 0 aromatic rings. The van der Waals surface area contributed by atoms with Crippen molar-refractivity contribution >= 4 is 5.71 Å². The Morgan fingerprint density at radius 2 is 1.89 bits per heavy atom. The fraction of sp³-hybridized carbons (Fsp3) is 0.633. The van der Waals surface area contributed by atoms with Gasteiger partial charge in [0.05, 0.1) is 18.0 Å². The predicted octanol–water partition coefficient (Wildman–Crippen LogP) is 7.20. The molecule has 0 radical (unpaired) electrons. The predicted molar refractivity (Wildman–Crippen MR) is 149 cm³/mol. The Labute approximate surface area is 214 Å². The minimum atomic E-state index is -1.09. The van der Waals surface area contributed by atoms with Crippen LogP contribution in [0.5, 0.6) is 0 Å². The van der Waals surface area contributed by atoms with Crippen LogP contribution in [0.1, 0.15) is 93.4 Å². The normalized spacial score (nSPS) is 27.1. The largest absolute Gasteiger partial charge is 0.367 e. The topological polar surface area (TPSA) is 57.1 Å². The highest BCUT2D eigenvalue weighted by Crippen LogP contribution is 2.39. The summed E-state index contributed by atoms with van der Waals surface area (Å²) in [6.45, 7) is 14.7. The molecule has 0 bridgehead atoms. The molecule has 0 amide bonds. The zero-order chi connectivity index (χ0) is 25.8. The number of nitrogens with one attached hydrogen (secondary N) is 1. The Morgan fingerprint density at radius 1 is 1.11 bits per heavy atom. The van der Waals surface area contributed by atoms with Gasteiger partial charge in [0.15, 0.2) is 5.79 Å². The average molecular weight is 484 g/mol. The number of aliphatic imine (C=N–C) groups is 1. The van der Waals surface area contributed by atoms with E-state index in [4.69, 9.17) is 4.74 Å². The van der Waals surface area contributed by atoms with Gasteiger partial charge >= 0.3 is 0 Å². The molecule has 2 aliphatic heterocycles. The molecule has 0 spiro atoms. The first-order valence-electron chi connectivity index (χ1n) is 13.9. The molecular weight excluding hydrogens is 434 g/mol. The highest BCUT2D eigenvalue weighted by molar-refractivity contribution is 6.01. The Kier molecular flexibility index (Phi) is 12.0. The summed E-state index contributed by atoms with van der Waals surface area (Å²) < 4.78 is 6.07. The first kappa shape index (κ1) is 29.1. The number of fused-ring (bicyclic) bond motifs is 1. The molecule has 0 aromatic carbocycles. The van der Waals surface area contributed by atoms with Crippen LogP contribution in [-0.4, -0.2) is 34.3 Å². The van der Waals surface area contributed by atoms with Gasteiger partial charge in [-0.2, -0.15) is 0 Å². The van der Waals surface area contributed by atoms with E-state index >= 15 is 0 Å². The van der Waals surface area contributed by atoms with Crippen molar-refractivity contribution in [2.45, 2.75) is 105 Å². The molecule has 2 heterocycles. The molecule has 4 atom stereocenters. The lowest BCUT2D eigenvalue weighted by atomic mass is 9.90. The second-order valence-corrected chi connectivity index (χ2v) is 9.35. The lowest BCUT2D eigenvalue weighted by Crippen LogP contribution is -2.42.